The first kappa shape index (κ1) is 18.0. The maximum Gasteiger partial charge on any atom is 0.257 e. The molecular formula is C20H16FN5OS. The van der Waals surface area contributed by atoms with Gasteiger partial charge >= 0.3 is 0 Å². The molecule has 0 spiro atoms. The van der Waals surface area contributed by atoms with E-state index < -0.39 is 0 Å². The van der Waals surface area contributed by atoms with Crippen molar-refractivity contribution in [1.29, 1.82) is 0 Å². The largest absolute Gasteiger partial charge is 0.298 e. The van der Waals surface area contributed by atoms with Gasteiger partial charge in [0.05, 0.1) is 5.69 Å². The number of thiazole rings is 1. The van der Waals surface area contributed by atoms with Crippen molar-refractivity contribution >= 4 is 22.4 Å². The fourth-order valence-corrected chi connectivity index (χ4v) is 3.61. The Morgan fingerprint density at radius 2 is 1.89 bits per heavy atom. The number of anilines is 1. The van der Waals surface area contributed by atoms with E-state index >= 15 is 0 Å². The van der Waals surface area contributed by atoms with Gasteiger partial charge in [-0.25, -0.2) is 14.4 Å². The van der Waals surface area contributed by atoms with E-state index in [2.05, 4.69) is 25.5 Å². The molecule has 0 radical (unpaired) electrons. The zero-order chi connectivity index (χ0) is 19.5. The third-order valence-corrected chi connectivity index (χ3v) is 5.07. The molecule has 140 valence electrons. The van der Waals surface area contributed by atoms with Crippen molar-refractivity contribution in [3.63, 3.8) is 0 Å². The smallest absolute Gasteiger partial charge is 0.257 e. The second-order valence-electron chi connectivity index (χ2n) is 6.19. The van der Waals surface area contributed by atoms with Gasteiger partial charge < -0.3 is 0 Å². The summed E-state index contributed by atoms with van der Waals surface area (Å²) in [6.07, 6.45) is 2.09. The van der Waals surface area contributed by atoms with Crippen LogP contribution in [0.5, 0.6) is 0 Å². The number of nitrogens with one attached hydrogen (secondary N) is 2. The molecule has 2 heterocycles. The molecule has 0 aliphatic carbocycles. The van der Waals surface area contributed by atoms with E-state index in [-0.39, 0.29) is 11.7 Å². The molecule has 4 rings (SSSR count). The quantitative estimate of drug-likeness (QED) is 0.532. The Balaban J connectivity index is 1.46. The van der Waals surface area contributed by atoms with E-state index in [0.717, 1.165) is 27.5 Å². The third kappa shape index (κ3) is 3.96. The molecule has 0 unspecified atom stereocenters. The van der Waals surface area contributed by atoms with Crippen molar-refractivity contribution in [2.45, 2.75) is 13.3 Å². The maximum absolute atomic E-state index is 13.1. The van der Waals surface area contributed by atoms with E-state index in [0.29, 0.717) is 17.1 Å². The number of carbonyl (C=O) groups is 1. The number of H-pyrrole nitrogens is 1. The Morgan fingerprint density at radius 3 is 2.57 bits per heavy atom. The van der Waals surface area contributed by atoms with Crippen LogP contribution in [0.4, 0.5) is 9.52 Å². The summed E-state index contributed by atoms with van der Waals surface area (Å²) < 4.78 is 13.1. The lowest BCUT2D eigenvalue weighted by Crippen LogP contribution is -2.11. The van der Waals surface area contributed by atoms with Crippen molar-refractivity contribution in [3.8, 4) is 11.3 Å². The number of hydrogen-bond acceptors (Lipinski definition) is 5. The van der Waals surface area contributed by atoms with Crippen LogP contribution in [-0.4, -0.2) is 26.1 Å². The number of carbonyl (C=O) groups excluding carboxylic acids is 1. The zero-order valence-corrected chi connectivity index (χ0v) is 15.8. The Bertz CT molecular complexity index is 1090. The number of nitrogens with zero attached hydrogens (tertiary/aromatic N) is 3. The molecule has 0 aliphatic heterocycles. The van der Waals surface area contributed by atoms with Crippen molar-refractivity contribution in [2.75, 3.05) is 5.32 Å². The molecular weight excluding hydrogens is 377 g/mol. The Hall–Kier alpha value is -3.39. The molecule has 0 atom stereocenters. The molecule has 2 aromatic carbocycles. The van der Waals surface area contributed by atoms with E-state index in [4.69, 9.17) is 0 Å². The van der Waals surface area contributed by atoms with Crippen LogP contribution in [0.3, 0.4) is 0 Å². The summed E-state index contributed by atoms with van der Waals surface area (Å²) in [4.78, 5) is 22.0. The van der Waals surface area contributed by atoms with Crippen LogP contribution in [-0.2, 0) is 6.42 Å². The summed E-state index contributed by atoms with van der Waals surface area (Å²) in [6.45, 7) is 1.92. The second kappa shape index (κ2) is 7.69. The van der Waals surface area contributed by atoms with E-state index in [1.807, 2.05) is 19.1 Å². The van der Waals surface area contributed by atoms with Gasteiger partial charge in [-0.15, -0.1) is 11.3 Å². The molecule has 1 amide bonds. The predicted molar refractivity (Wildman–Crippen MR) is 106 cm³/mol. The fraction of sp³-hybridized carbons (Fsp3) is 0.100. The molecule has 0 fully saturated rings. The normalized spacial score (nSPS) is 10.8. The Labute approximate surface area is 164 Å². The first-order valence-electron chi connectivity index (χ1n) is 8.56. The minimum absolute atomic E-state index is 0.231. The zero-order valence-electron chi connectivity index (χ0n) is 14.9. The number of benzene rings is 2. The average Bonchev–Trinajstić information content (AvgIpc) is 3.32. The second-order valence-corrected chi connectivity index (χ2v) is 7.39. The van der Waals surface area contributed by atoms with Gasteiger partial charge in [-0.1, -0.05) is 12.1 Å². The van der Waals surface area contributed by atoms with Crippen LogP contribution < -0.4 is 5.32 Å². The summed E-state index contributed by atoms with van der Waals surface area (Å²) in [5.41, 5.74) is 3.12. The SMILES string of the molecule is Cc1sc(NC(=O)c2ccc(Cc3ncn[nH]3)cc2)nc1-c1ccc(F)cc1. The van der Waals surface area contributed by atoms with Gasteiger partial charge in [0.15, 0.2) is 5.13 Å². The molecule has 0 saturated heterocycles. The molecule has 0 saturated carbocycles. The van der Waals surface area contributed by atoms with Crippen LogP contribution in [0.2, 0.25) is 0 Å². The van der Waals surface area contributed by atoms with Crippen LogP contribution in [0.15, 0.2) is 54.9 Å². The number of rotatable bonds is 5. The molecule has 8 heteroatoms. The lowest BCUT2D eigenvalue weighted by Gasteiger charge is -2.03. The van der Waals surface area contributed by atoms with Gasteiger partial charge in [0, 0.05) is 22.4 Å². The summed E-state index contributed by atoms with van der Waals surface area (Å²) in [5, 5.41) is 9.97. The van der Waals surface area contributed by atoms with Gasteiger partial charge in [0.2, 0.25) is 0 Å². The lowest BCUT2D eigenvalue weighted by atomic mass is 10.1. The predicted octanol–water partition coefficient (Wildman–Crippen LogP) is 4.22. The fourth-order valence-electron chi connectivity index (χ4n) is 2.78. The molecule has 0 bridgehead atoms. The average molecular weight is 393 g/mol. The molecule has 2 aromatic heterocycles. The standard InChI is InChI=1S/C20H16FN5OS/c1-12-18(14-6-8-16(21)9-7-14)24-20(28-12)25-19(27)15-4-2-13(3-5-15)10-17-22-11-23-26-17/h2-9,11H,10H2,1H3,(H,22,23,26)(H,24,25,27). The molecule has 4 aromatic rings. The monoisotopic (exact) mass is 393 g/mol. The minimum atomic E-state index is -0.295. The Kier molecular flexibility index (Phi) is 4.94. The van der Waals surface area contributed by atoms with E-state index in [9.17, 15) is 9.18 Å². The van der Waals surface area contributed by atoms with Gasteiger partial charge in [0.1, 0.15) is 18.0 Å². The van der Waals surface area contributed by atoms with Gasteiger partial charge in [-0.3, -0.25) is 15.2 Å². The summed E-state index contributed by atoms with van der Waals surface area (Å²) in [6, 6.07) is 13.4. The lowest BCUT2D eigenvalue weighted by molar-refractivity contribution is 0.102. The highest BCUT2D eigenvalue weighted by atomic mass is 32.1. The molecule has 2 N–H and O–H groups in total. The highest BCUT2D eigenvalue weighted by Gasteiger charge is 2.13. The highest BCUT2D eigenvalue weighted by Crippen LogP contribution is 2.30. The van der Waals surface area contributed by atoms with Gasteiger partial charge in [-0.05, 0) is 48.9 Å². The van der Waals surface area contributed by atoms with Crippen molar-refractivity contribution in [3.05, 3.63) is 82.5 Å². The van der Waals surface area contributed by atoms with Crippen LogP contribution in [0.25, 0.3) is 11.3 Å². The maximum atomic E-state index is 13.1. The number of hydrogen-bond donors (Lipinski definition) is 2. The number of aromatic amines is 1. The number of aryl methyl sites for hydroxylation is 1. The van der Waals surface area contributed by atoms with Crippen LogP contribution >= 0.6 is 11.3 Å². The van der Waals surface area contributed by atoms with Crippen molar-refractivity contribution in [2.24, 2.45) is 0 Å². The number of halogens is 1. The van der Waals surface area contributed by atoms with E-state index in [1.165, 1.54) is 29.8 Å². The summed E-state index contributed by atoms with van der Waals surface area (Å²) in [7, 11) is 0. The number of aromatic nitrogens is 4. The van der Waals surface area contributed by atoms with Gasteiger partial charge in [-0.2, -0.15) is 5.10 Å². The number of amides is 1. The first-order chi connectivity index (χ1) is 13.6. The van der Waals surface area contributed by atoms with Crippen molar-refractivity contribution in [1.82, 2.24) is 20.2 Å². The Morgan fingerprint density at radius 1 is 1.14 bits per heavy atom. The molecule has 28 heavy (non-hydrogen) atoms. The molecule has 0 aliphatic rings. The first-order valence-corrected chi connectivity index (χ1v) is 9.38. The van der Waals surface area contributed by atoms with Gasteiger partial charge in [0.25, 0.3) is 5.91 Å². The minimum Gasteiger partial charge on any atom is -0.298 e. The van der Waals surface area contributed by atoms with Crippen molar-refractivity contribution < 1.29 is 9.18 Å². The summed E-state index contributed by atoms with van der Waals surface area (Å²) >= 11 is 1.39. The topological polar surface area (TPSA) is 83.6 Å². The van der Waals surface area contributed by atoms with Crippen LogP contribution in [0, 0.1) is 12.7 Å². The summed E-state index contributed by atoms with van der Waals surface area (Å²) in [5.74, 6) is 0.242. The third-order valence-electron chi connectivity index (χ3n) is 4.19. The van der Waals surface area contributed by atoms with Crippen LogP contribution in [0.1, 0.15) is 26.6 Å². The molecule has 6 nitrogen and oxygen atoms in total. The highest BCUT2D eigenvalue weighted by molar-refractivity contribution is 7.16. The van der Waals surface area contributed by atoms with E-state index in [1.54, 1.807) is 24.3 Å².